The number of benzene rings is 9. The maximum Gasteiger partial charge on any atom is 0.247 e. The SMILES string of the molecule is CCCCc1ccc(N(c2ccc(C(C)(C)C)cc2)c2cc3c4c(c2)Sc2cc5c(cc2B4c2ccc(C)cc2S3)B2c3ccc(C)cc3Sc3cc(N(c4ccc(I)cc4)c4ccc(C(C)CCC)cc4)cc(c32)S5)cc1. The lowest BCUT2D eigenvalue weighted by atomic mass is 9.33. The fourth-order valence-electron chi connectivity index (χ4n) is 12.3. The van der Waals surface area contributed by atoms with Crippen molar-refractivity contribution in [1.82, 2.24) is 0 Å². The summed E-state index contributed by atoms with van der Waals surface area (Å²) in [7, 11) is 0. The maximum absolute atomic E-state index is 2.66. The van der Waals surface area contributed by atoms with Crippen LogP contribution >= 0.6 is 69.6 Å². The first-order valence-electron chi connectivity index (χ1n) is 27.9. The number of hydrogen-bond acceptors (Lipinski definition) is 6. The van der Waals surface area contributed by atoms with Gasteiger partial charge in [-0.05, 0) is 198 Å². The molecule has 4 heterocycles. The largest absolute Gasteiger partial charge is 0.310 e. The van der Waals surface area contributed by atoms with Crippen molar-refractivity contribution in [2.24, 2.45) is 0 Å². The number of nitrogens with zero attached hydrogens (tertiary/aromatic N) is 2. The van der Waals surface area contributed by atoms with Crippen LogP contribution in [-0.4, -0.2) is 13.4 Å². The van der Waals surface area contributed by atoms with Crippen molar-refractivity contribution < 1.29 is 0 Å². The molecule has 9 aromatic carbocycles. The van der Waals surface area contributed by atoms with Gasteiger partial charge >= 0.3 is 0 Å². The van der Waals surface area contributed by atoms with Crippen LogP contribution in [0.1, 0.15) is 101 Å². The number of unbranched alkanes of at least 4 members (excludes halogenated alkanes) is 1. The summed E-state index contributed by atoms with van der Waals surface area (Å²) < 4.78 is 1.23. The molecule has 78 heavy (non-hydrogen) atoms. The van der Waals surface area contributed by atoms with Crippen molar-refractivity contribution in [2.45, 2.75) is 138 Å². The number of hydrogen-bond donors (Lipinski definition) is 0. The van der Waals surface area contributed by atoms with Gasteiger partial charge in [-0.25, -0.2) is 0 Å². The molecule has 13 rings (SSSR count). The minimum absolute atomic E-state index is 0.0605. The normalized spacial score (nSPS) is 13.9. The molecule has 0 N–H and O–H groups in total. The molecule has 386 valence electrons. The van der Waals surface area contributed by atoms with Crippen molar-refractivity contribution in [3.05, 3.63) is 201 Å². The van der Waals surface area contributed by atoms with Crippen LogP contribution in [0.15, 0.2) is 209 Å². The number of aryl methyl sites for hydroxylation is 3. The summed E-state index contributed by atoms with van der Waals surface area (Å²) in [6.45, 7) is 18.5. The van der Waals surface area contributed by atoms with E-state index in [0.29, 0.717) is 5.92 Å². The molecule has 0 amide bonds. The van der Waals surface area contributed by atoms with Crippen LogP contribution in [0.4, 0.5) is 34.1 Å². The van der Waals surface area contributed by atoms with Gasteiger partial charge in [0.25, 0.3) is 0 Å². The quantitative estimate of drug-likeness (QED) is 0.0882. The zero-order chi connectivity index (χ0) is 53.6. The average molecular weight is 1200 g/mol. The smallest absolute Gasteiger partial charge is 0.247 e. The molecule has 0 radical (unpaired) electrons. The Bertz CT molecular complexity index is 3800. The Morgan fingerprint density at radius 3 is 1.31 bits per heavy atom. The van der Waals surface area contributed by atoms with Crippen LogP contribution in [0.3, 0.4) is 0 Å². The van der Waals surface area contributed by atoms with Gasteiger partial charge in [0.05, 0.1) is 0 Å². The Balaban J connectivity index is 0.966. The molecule has 0 saturated carbocycles. The molecule has 9 aromatic rings. The van der Waals surface area contributed by atoms with Gasteiger partial charge in [0, 0.05) is 76.9 Å². The molecule has 0 saturated heterocycles. The second-order valence-electron chi connectivity index (χ2n) is 23.0. The molecule has 1 unspecified atom stereocenters. The standard InChI is InChI=1S/C69H63B2IN2S4/c1-9-11-13-45-16-24-49(25-17-45)73(51-28-20-47(21-29-51)69(6,7)8)53-36-63-67-65(38-53)77-61-41-62-58(40-57(61)70(67)55-32-14-42(3)34-59(55)75-63)71-56-33-15-43(4)35-60(56)76-64-37-54(39-66(78-62)68(64)71)74(52-30-22-48(72)23-31-52)50-26-18-46(19-27-50)44(5)12-10-2/h14-41,44H,9-13H2,1-8H3. The summed E-state index contributed by atoms with van der Waals surface area (Å²) in [5.74, 6) is 0.527. The van der Waals surface area contributed by atoms with Crippen LogP contribution in [0.5, 0.6) is 0 Å². The predicted octanol–water partition coefficient (Wildman–Crippen LogP) is 17.3. The van der Waals surface area contributed by atoms with Gasteiger partial charge in [-0.2, -0.15) is 0 Å². The zero-order valence-corrected chi connectivity index (χ0v) is 51.3. The molecule has 9 heteroatoms. The van der Waals surface area contributed by atoms with Crippen molar-refractivity contribution in [3.63, 3.8) is 0 Å². The molecule has 4 aliphatic rings. The Kier molecular flexibility index (Phi) is 14.1. The highest BCUT2D eigenvalue weighted by molar-refractivity contribution is 14.1. The van der Waals surface area contributed by atoms with E-state index in [2.05, 4.69) is 258 Å². The highest BCUT2D eigenvalue weighted by atomic mass is 127. The average Bonchev–Trinajstić information content (AvgIpc) is 3.25. The number of anilines is 6. The fraction of sp³-hybridized carbons (Fsp3) is 0.217. The molecule has 0 aliphatic carbocycles. The van der Waals surface area contributed by atoms with E-state index in [1.54, 1.807) is 0 Å². The Morgan fingerprint density at radius 1 is 0.449 bits per heavy atom. The molecule has 0 spiro atoms. The molecular weight excluding hydrogens is 1130 g/mol. The number of rotatable bonds is 12. The van der Waals surface area contributed by atoms with Crippen LogP contribution in [0.2, 0.25) is 0 Å². The molecule has 1 atom stereocenters. The fourth-order valence-corrected chi connectivity index (χ4v) is 17.9. The van der Waals surface area contributed by atoms with E-state index in [4.69, 9.17) is 0 Å². The summed E-state index contributed by atoms with van der Waals surface area (Å²) in [5.41, 5.74) is 22.5. The predicted molar refractivity (Wildman–Crippen MR) is 350 cm³/mol. The highest BCUT2D eigenvalue weighted by Crippen LogP contribution is 2.48. The molecule has 4 aliphatic heterocycles. The topological polar surface area (TPSA) is 6.48 Å². The third-order valence-corrected chi connectivity index (χ3v) is 21.7. The van der Waals surface area contributed by atoms with E-state index in [-0.39, 0.29) is 18.8 Å². The van der Waals surface area contributed by atoms with Gasteiger partial charge in [-0.1, -0.05) is 201 Å². The van der Waals surface area contributed by atoms with E-state index in [9.17, 15) is 0 Å². The zero-order valence-electron chi connectivity index (χ0n) is 45.8. The first-order valence-corrected chi connectivity index (χ1v) is 32.3. The van der Waals surface area contributed by atoms with Gasteiger partial charge < -0.3 is 9.80 Å². The van der Waals surface area contributed by atoms with Crippen LogP contribution < -0.4 is 42.6 Å². The maximum atomic E-state index is 2.66. The van der Waals surface area contributed by atoms with Gasteiger partial charge in [0.1, 0.15) is 0 Å². The van der Waals surface area contributed by atoms with E-state index in [1.165, 1.54) is 163 Å². The second kappa shape index (κ2) is 21.1. The van der Waals surface area contributed by atoms with Gasteiger partial charge in [-0.15, -0.1) is 0 Å². The van der Waals surface area contributed by atoms with Crippen molar-refractivity contribution in [1.29, 1.82) is 0 Å². The van der Waals surface area contributed by atoms with E-state index >= 15 is 0 Å². The van der Waals surface area contributed by atoms with Crippen LogP contribution in [-0.2, 0) is 11.8 Å². The Morgan fingerprint density at radius 2 is 0.872 bits per heavy atom. The summed E-state index contributed by atoms with van der Waals surface area (Å²) in [6, 6.07) is 66.8. The first kappa shape index (κ1) is 52.2. The van der Waals surface area contributed by atoms with Gasteiger partial charge in [-0.3, -0.25) is 0 Å². The lowest BCUT2D eigenvalue weighted by molar-refractivity contribution is 0.590. The van der Waals surface area contributed by atoms with Gasteiger partial charge in [0.2, 0.25) is 13.4 Å². The first-order chi connectivity index (χ1) is 37.8. The lowest BCUT2D eigenvalue weighted by Gasteiger charge is -2.38. The van der Waals surface area contributed by atoms with E-state index in [1.807, 2.05) is 47.0 Å². The molecular formula is C69H63B2IN2S4. The van der Waals surface area contributed by atoms with E-state index in [0.717, 1.165) is 6.42 Å². The lowest BCUT2D eigenvalue weighted by Crippen LogP contribution is -2.62. The molecule has 2 nitrogen and oxygen atoms in total. The monoisotopic (exact) mass is 1200 g/mol. The van der Waals surface area contributed by atoms with Crippen molar-refractivity contribution in [2.75, 3.05) is 9.80 Å². The third-order valence-electron chi connectivity index (χ3n) is 16.4. The van der Waals surface area contributed by atoms with Crippen LogP contribution in [0, 0.1) is 17.4 Å². The third kappa shape index (κ3) is 9.59. The summed E-state index contributed by atoms with van der Waals surface area (Å²) >= 11 is 10.3. The highest BCUT2D eigenvalue weighted by Gasteiger charge is 2.44. The van der Waals surface area contributed by atoms with Crippen molar-refractivity contribution in [3.8, 4) is 0 Å². The minimum Gasteiger partial charge on any atom is -0.310 e. The molecule has 0 aromatic heterocycles. The minimum atomic E-state index is 0.0605. The number of fused-ring (bicyclic) bond motifs is 8. The molecule has 0 bridgehead atoms. The summed E-state index contributed by atoms with van der Waals surface area (Å²) in [4.78, 5) is 15.8. The summed E-state index contributed by atoms with van der Waals surface area (Å²) in [6.07, 6.45) is 5.87. The van der Waals surface area contributed by atoms with Crippen molar-refractivity contribution >= 4 is 150 Å². The van der Waals surface area contributed by atoms with Gasteiger partial charge in [0.15, 0.2) is 0 Å². The summed E-state index contributed by atoms with van der Waals surface area (Å²) in [5, 5.41) is 0. The Labute approximate surface area is 494 Å². The second-order valence-corrected chi connectivity index (χ2v) is 28.6. The Hall–Kier alpha value is -5.16. The van der Waals surface area contributed by atoms with E-state index < -0.39 is 0 Å². The van der Waals surface area contributed by atoms with Crippen LogP contribution in [0.25, 0.3) is 0 Å². The molecule has 0 fully saturated rings. The number of halogens is 1.